The molecule has 0 spiro atoms. The quantitative estimate of drug-likeness (QED) is 0.933. The highest BCUT2D eigenvalue weighted by molar-refractivity contribution is 6.34. The lowest BCUT2D eigenvalue weighted by Gasteiger charge is -2.12. The van der Waals surface area contributed by atoms with Crippen molar-refractivity contribution < 1.29 is 18.3 Å². The largest absolute Gasteiger partial charge is 0.433 e. The average molecular weight is 330 g/mol. The minimum atomic E-state index is -2.99. The topological polar surface area (TPSA) is 56.2 Å². The van der Waals surface area contributed by atoms with Crippen molar-refractivity contribution in [3.63, 3.8) is 0 Å². The number of carbonyl (C=O) groups excluding carboxylic acids is 1. The van der Waals surface area contributed by atoms with Crippen molar-refractivity contribution in [2.75, 3.05) is 5.32 Å². The molecule has 0 saturated heterocycles. The summed E-state index contributed by atoms with van der Waals surface area (Å²) in [7, 11) is 1.65. The minimum absolute atomic E-state index is 0.0187. The molecular formula is C14H14ClF2N3O2. The molecule has 22 heavy (non-hydrogen) atoms. The summed E-state index contributed by atoms with van der Waals surface area (Å²) in [4.78, 5) is 12.2. The van der Waals surface area contributed by atoms with Gasteiger partial charge < -0.3 is 10.1 Å². The zero-order valence-corrected chi connectivity index (χ0v) is 12.9. The van der Waals surface area contributed by atoms with Gasteiger partial charge in [-0.2, -0.15) is 13.9 Å². The molecule has 0 aliphatic carbocycles. The summed E-state index contributed by atoms with van der Waals surface area (Å²) in [5, 5.41) is 6.69. The molecule has 2 aromatic rings. The van der Waals surface area contributed by atoms with Crippen molar-refractivity contribution in [2.24, 2.45) is 7.05 Å². The Balaban J connectivity index is 2.30. The first kappa shape index (κ1) is 16.2. The standard InChI is InChI=1S/C14H14ClF2N3O2/c1-7-4-5-9(10(6-7)22-14(16)17)18-13(21)12-11(15)8(2)20(3)19-12/h4-6,14H,1-3H3,(H,18,21). The molecule has 5 nitrogen and oxygen atoms in total. The van der Waals surface area contributed by atoms with Gasteiger partial charge in [-0.25, -0.2) is 0 Å². The van der Waals surface area contributed by atoms with Crippen LogP contribution in [-0.2, 0) is 7.05 Å². The molecule has 0 aliphatic rings. The molecule has 1 amide bonds. The number of nitrogens with one attached hydrogen (secondary N) is 1. The van der Waals surface area contributed by atoms with Crippen molar-refractivity contribution in [3.8, 4) is 5.75 Å². The molecule has 0 saturated carbocycles. The Hall–Kier alpha value is -2.15. The van der Waals surface area contributed by atoms with Crippen LogP contribution >= 0.6 is 11.6 Å². The second-order valence-electron chi connectivity index (χ2n) is 4.70. The maximum Gasteiger partial charge on any atom is 0.387 e. The van der Waals surface area contributed by atoms with Gasteiger partial charge in [0.15, 0.2) is 5.69 Å². The Morgan fingerprint density at radius 3 is 2.64 bits per heavy atom. The summed E-state index contributed by atoms with van der Waals surface area (Å²) in [6.07, 6.45) is 0. The van der Waals surface area contributed by atoms with E-state index in [1.165, 1.54) is 16.8 Å². The van der Waals surface area contributed by atoms with E-state index < -0.39 is 12.5 Å². The number of nitrogens with zero attached hydrogens (tertiary/aromatic N) is 2. The number of amides is 1. The number of aryl methyl sites for hydroxylation is 2. The summed E-state index contributed by atoms with van der Waals surface area (Å²) in [5.74, 6) is -0.719. The maximum absolute atomic E-state index is 12.4. The molecule has 2 rings (SSSR count). The molecule has 0 radical (unpaired) electrons. The zero-order chi connectivity index (χ0) is 16.4. The third-order valence-electron chi connectivity index (χ3n) is 3.08. The summed E-state index contributed by atoms with van der Waals surface area (Å²) in [6, 6.07) is 4.56. The first-order chi connectivity index (χ1) is 10.3. The molecular weight excluding hydrogens is 316 g/mol. The number of hydrogen-bond donors (Lipinski definition) is 1. The van der Waals surface area contributed by atoms with E-state index in [1.807, 2.05) is 0 Å². The lowest BCUT2D eigenvalue weighted by atomic mass is 10.2. The number of halogens is 3. The number of benzene rings is 1. The summed E-state index contributed by atoms with van der Waals surface area (Å²) >= 11 is 6.03. The predicted octanol–water partition coefficient (Wildman–Crippen LogP) is 3.54. The second kappa shape index (κ2) is 6.31. The van der Waals surface area contributed by atoms with Crippen LogP contribution in [-0.4, -0.2) is 22.3 Å². The van der Waals surface area contributed by atoms with E-state index in [9.17, 15) is 13.6 Å². The van der Waals surface area contributed by atoms with Crippen LogP contribution in [0.15, 0.2) is 18.2 Å². The average Bonchev–Trinajstić information content (AvgIpc) is 2.69. The fourth-order valence-corrected chi connectivity index (χ4v) is 2.08. The van der Waals surface area contributed by atoms with Gasteiger partial charge in [-0.3, -0.25) is 9.48 Å². The van der Waals surface area contributed by atoms with Gasteiger partial charge in [0.2, 0.25) is 0 Å². The predicted molar refractivity (Wildman–Crippen MR) is 78.7 cm³/mol. The SMILES string of the molecule is Cc1ccc(NC(=O)c2nn(C)c(C)c2Cl)c(OC(F)F)c1. The van der Waals surface area contributed by atoms with Crippen LogP contribution < -0.4 is 10.1 Å². The minimum Gasteiger partial charge on any atom is -0.433 e. The fraction of sp³-hybridized carbons (Fsp3) is 0.286. The lowest BCUT2D eigenvalue weighted by Crippen LogP contribution is -2.15. The molecule has 1 aromatic carbocycles. The number of anilines is 1. The Bertz CT molecular complexity index is 716. The molecule has 0 fully saturated rings. The zero-order valence-electron chi connectivity index (χ0n) is 12.2. The lowest BCUT2D eigenvalue weighted by molar-refractivity contribution is -0.0494. The molecule has 0 atom stereocenters. The van der Waals surface area contributed by atoms with Gasteiger partial charge in [0.05, 0.1) is 16.4 Å². The van der Waals surface area contributed by atoms with Gasteiger partial charge in [0.1, 0.15) is 5.75 Å². The smallest absolute Gasteiger partial charge is 0.387 e. The van der Waals surface area contributed by atoms with Crippen molar-refractivity contribution in [3.05, 3.63) is 40.2 Å². The van der Waals surface area contributed by atoms with E-state index >= 15 is 0 Å². The van der Waals surface area contributed by atoms with E-state index in [0.717, 1.165) is 5.56 Å². The molecule has 0 aliphatic heterocycles. The number of hydrogen-bond acceptors (Lipinski definition) is 3. The molecule has 1 N–H and O–H groups in total. The van der Waals surface area contributed by atoms with Gasteiger partial charge in [-0.05, 0) is 31.5 Å². The van der Waals surface area contributed by atoms with E-state index in [1.54, 1.807) is 27.0 Å². The van der Waals surface area contributed by atoms with E-state index in [4.69, 9.17) is 11.6 Å². The monoisotopic (exact) mass is 329 g/mol. The van der Waals surface area contributed by atoms with Crippen LogP contribution in [0.4, 0.5) is 14.5 Å². The number of rotatable bonds is 4. The Kier molecular flexibility index (Phi) is 4.65. The van der Waals surface area contributed by atoms with E-state index in [2.05, 4.69) is 15.2 Å². The van der Waals surface area contributed by atoms with Crippen LogP contribution in [0.25, 0.3) is 0 Å². The molecule has 1 heterocycles. The summed E-state index contributed by atoms with van der Waals surface area (Å²) in [5.41, 5.74) is 1.49. The van der Waals surface area contributed by atoms with Crippen molar-refractivity contribution >= 4 is 23.2 Å². The van der Waals surface area contributed by atoms with Crippen LogP contribution in [0.2, 0.25) is 5.02 Å². The summed E-state index contributed by atoms with van der Waals surface area (Å²) < 4.78 is 30.8. The first-order valence-electron chi connectivity index (χ1n) is 6.35. The highest BCUT2D eigenvalue weighted by atomic mass is 35.5. The Morgan fingerprint density at radius 1 is 1.41 bits per heavy atom. The van der Waals surface area contributed by atoms with Gasteiger partial charge in [-0.15, -0.1) is 0 Å². The first-order valence-corrected chi connectivity index (χ1v) is 6.73. The number of aromatic nitrogens is 2. The number of carbonyl (C=O) groups is 1. The number of alkyl halides is 2. The molecule has 118 valence electrons. The number of ether oxygens (including phenoxy) is 1. The molecule has 0 unspecified atom stereocenters. The molecule has 1 aromatic heterocycles. The van der Waals surface area contributed by atoms with Gasteiger partial charge >= 0.3 is 6.61 Å². The van der Waals surface area contributed by atoms with E-state index in [0.29, 0.717) is 5.69 Å². The van der Waals surface area contributed by atoms with E-state index in [-0.39, 0.29) is 22.2 Å². The van der Waals surface area contributed by atoms with Gasteiger partial charge in [0, 0.05) is 7.05 Å². The van der Waals surface area contributed by atoms with Crippen LogP contribution in [0.5, 0.6) is 5.75 Å². The normalized spacial score (nSPS) is 10.9. The van der Waals surface area contributed by atoms with Crippen LogP contribution in [0.1, 0.15) is 21.7 Å². The molecule has 8 heteroatoms. The van der Waals surface area contributed by atoms with Crippen molar-refractivity contribution in [1.29, 1.82) is 0 Å². The van der Waals surface area contributed by atoms with Crippen LogP contribution in [0, 0.1) is 13.8 Å². The fourth-order valence-electron chi connectivity index (χ4n) is 1.84. The van der Waals surface area contributed by atoms with Crippen molar-refractivity contribution in [1.82, 2.24) is 9.78 Å². The van der Waals surface area contributed by atoms with Gasteiger partial charge in [-0.1, -0.05) is 17.7 Å². The van der Waals surface area contributed by atoms with Crippen LogP contribution in [0.3, 0.4) is 0 Å². The highest BCUT2D eigenvalue weighted by Crippen LogP contribution is 2.28. The Morgan fingerprint density at radius 2 is 2.09 bits per heavy atom. The summed E-state index contributed by atoms with van der Waals surface area (Å²) in [6.45, 7) is 0.449. The maximum atomic E-state index is 12.4. The van der Waals surface area contributed by atoms with Crippen molar-refractivity contribution in [2.45, 2.75) is 20.5 Å². The Labute approximate surface area is 130 Å². The highest BCUT2D eigenvalue weighted by Gasteiger charge is 2.20. The molecule has 0 bridgehead atoms. The second-order valence-corrected chi connectivity index (χ2v) is 5.08. The van der Waals surface area contributed by atoms with Gasteiger partial charge in [0.25, 0.3) is 5.91 Å². The third-order valence-corrected chi connectivity index (χ3v) is 3.53. The third kappa shape index (κ3) is 3.36.